The second-order valence-electron chi connectivity index (χ2n) is 2.97. The van der Waals surface area contributed by atoms with Gasteiger partial charge < -0.3 is 4.79 Å². The van der Waals surface area contributed by atoms with E-state index >= 15 is 0 Å². The molecule has 3 nitrogen and oxygen atoms in total. The fourth-order valence-corrected chi connectivity index (χ4v) is 2.03. The number of carbonyl (C=O) groups excluding carboxylic acids is 1. The third kappa shape index (κ3) is 3.00. The number of nitrogens with zero attached hydrogens (tertiary/aromatic N) is 2. The third-order valence-corrected chi connectivity index (χ3v) is 3.18. The Morgan fingerprint density at radius 2 is 1.94 bits per heavy atom. The highest BCUT2D eigenvalue weighted by atomic mass is 35.5. The molecule has 0 amide bonds. The van der Waals surface area contributed by atoms with Crippen molar-refractivity contribution in [2.75, 3.05) is 0 Å². The Morgan fingerprint density at radius 1 is 1.31 bits per heavy atom. The molecule has 0 aromatic heterocycles. The molecule has 5 heteroatoms. The molecule has 1 rings (SSSR count). The minimum Gasteiger partial charge on any atom is -0.302 e. The van der Waals surface area contributed by atoms with E-state index in [4.69, 9.17) is 22.1 Å². The van der Waals surface area contributed by atoms with Crippen LogP contribution in [-0.4, -0.2) is 6.29 Å². The molecule has 0 radical (unpaired) electrons. The summed E-state index contributed by atoms with van der Waals surface area (Å²) >= 11 is 6.64. The van der Waals surface area contributed by atoms with Crippen LogP contribution in [0.1, 0.15) is 10.8 Å². The Kier molecular flexibility index (Phi) is 4.85. The highest BCUT2D eigenvalue weighted by Crippen LogP contribution is 2.34. The van der Waals surface area contributed by atoms with Crippen LogP contribution < -0.4 is 0 Å². The van der Waals surface area contributed by atoms with Gasteiger partial charge in [0.15, 0.2) is 0 Å². The molecule has 16 heavy (non-hydrogen) atoms. The summed E-state index contributed by atoms with van der Waals surface area (Å²) in [6.45, 7) is 0. The molecule has 2 atom stereocenters. The molecule has 0 aliphatic heterocycles. The summed E-state index contributed by atoms with van der Waals surface area (Å²) in [5.74, 6) is -0.828. The molecule has 0 N–H and O–H groups in total. The number of aldehydes is 1. The van der Waals surface area contributed by atoms with Crippen LogP contribution in [-0.2, 0) is 4.79 Å². The maximum atomic E-state index is 10.7. The first-order valence-electron chi connectivity index (χ1n) is 4.38. The number of rotatable bonds is 4. The van der Waals surface area contributed by atoms with E-state index in [1.165, 1.54) is 0 Å². The predicted molar refractivity (Wildman–Crippen MR) is 62.6 cm³/mol. The van der Waals surface area contributed by atoms with Gasteiger partial charge in [0.05, 0.1) is 11.3 Å². The summed E-state index contributed by atoms with van der Waals surface area (Å²) in [6.07, 6.45) is 0.559. The molecule has 1 aromatic carbocycles. The Labute approximate surface area is 103 Å². The average molecular weight is 251 g/mol. The van der Waals surface area contributed by atoms with Crippen molar-refractivity contribution in [1.29, 1.82) is 10.5 Å². The van der Waals surface area contributed by atoms with Crippen molar-refractivity contribution >= 4 is 29.6 Å². The van der Waals surface area contributed by atoms with E-state index in [9.17, 15) is 4.79 Å². The van der Waals surface area contributed by atoms with Gasteiger partial charge in [-0.1, -0.05) is 23.7 Å². The van der Waals surface area contributed by atoms with Gasteiger partial charge in [-0.05, 0) is 29.5 Å². The smallest absolute Gasteiger partial charge is 0.138 e. The van der Waals surface area contributed by atoms with Gasteiger partial charge in [0.25, 0.3) is 0 Å². The van der Waals surface area contributed by atoms with E-state index in [2.05, 4.69) is 0 Å². The van der Waals surface area contributed by atoms with Crippen molar-refractivity contribution in [3.05, 3.63) is 34.9 Å². The summed E-state index contributed by atoms with van der Waals surface area (Å²) in [5.41, 5.74) is 0.745. The highest BCUT2D eigenvalue weighted by molar-refractivity contribution is 8.04. The molecule has 0 bridgehead atoms. The quantitative estimate of drug-likeness (QED) is 0.609. The minimum absolute atomic E-state index is 0.468. The maximum Gasteiger partial charge on any atom is 0.138 e. The number of hydrogen-bond acceptors (Lipinski definition) is 4. The average Bonchev–Trinajstić information content (AvgIpc) is 2.31. The fourth-order valence-electron chi connectivity index (χ4n) is 1.23. The van der Waals surface area contributed by atoms with Crippen LogP contribution >= 0.6 is 23.4 Å². The maximum absolute atomic E-state index is 10.7. The topological polar surface area (TPSA) is 64.7 Å². The molecule has 0 spiro atoms. The lowest BCUT2D eigenvalue weighted by Crippen LogP contribution is -2.09. The summed E-state index contributed by atoms with van der Waals surface area (Å²) in [6, 6.07) is 8.64. The summed E-state index contributed by atoms with van der Waals surface area (Å²) in [7, 11) is 0. The number of benzene rings is 1. The number of halogens is 1. The monoisotopic (exact) mass is 250 g/mol. The first kappa shape index (κ1) is 12.6. The molecule has 0 aliphatic rings. The minimum atomic E-state index is -0.828. The molecule has 0 saturated heterocycles. The van der Waals surface area contributed by atoms with Crippen LogP contribution in [0.3, 0.4) is 0 Å². The van der Waals surface area contributed by atoms with Crippen molar-refractivity contribution < 1.29 is 4.79 Å². The van der Waals surface area contributed by atoms with Gasteiger partial charge in [0.1, 0.15) is 17.6 Å². The summed E-state index contributed by atoms with van der Waals surface area (Å²) < 4.78 is 0. The molecular weight excluding hydrogens is 244 g/mol. The van der Waals surface area contributed by atoms with Gasteiger partial charge in [0.2, 0.25) is 0 Å². The fraction of sp³-hybridized carbons (Fsp3) is 0.182. The van der Waals surface area contributed by atoms with Crippen molar-refractivity contribution in [2.24, 2.45) is 5.92 Å². The standard InChI is InChI=1S/C11H7ClN2OS/c12-10-3-1-8(2-4-10)11(16-7-14)9(5-13)6-15/h1-4,6,9,11H/t9-,11-/m1/s1. The largest absolute Gasteiger partial charge is 0.302 e. The van der Waals surface area contributed by atoms with E-state index in [0.29, 0.717) is 11.3 Å². The Morgan fingerprint density at radius 3 is 2.38 bits per heavy atom. The van der Waals surface area contributed by atoms with E-state index < -0.39 is 11.2 Å². The van der Waals surface area contributed by atoms with E-state index in [0.717, 1.165) is 17.3 Å². The summed E-state index contributed by atoms with van der Waals surface area (Å²) in [5, 5.41) is 19.5. The van der Waals surface area contributed by atoms with E-state index in [1.807, 2.05) is 11.5 Å². The lowest BCUT2D eigenvalue weighted by Gasteiger charge is -2.14. The predicted octanol–water partition coefficient (Wildman–Crippen LogP) is 2.93. The van der Waals surface area contributed by atoms with Gasteiger partial charge in [-0.3, -0.25) is 0 Å². The van der Waals surface area contributed by atoms with Gasteiger partial charge in [-0.25, -0.2) is 0 Å². The SMILES string of the molecule is N#CS[C@H](c1ccc(Cl)cc1)[C@H](C#N)C=O. The second-order valence-corrected chi connectivity index (χ2v) is 4.33. The highest BCUT2D eigenvalue weighted by Gasteiger charge is 2.23. The molecular formula is C11H7ClN2OS. The molecule has 0 saturated carbocycles. The molecule has 0 heterocycles. The zero-order valence-corrected chi connectivity index (χ0v) is 9.70. The number of thioether (sulfide) groups is 1. The Balaban J connectivity index is 3.03. The van der Waals surface area contributed by atoms with Crippen LogP contribution in [0.5, 0.6) is 0 Å². The Bertz CT molecular complexity index is 447. The normalized spacial score (nSPS) is 13.2. The van der Waals surface area contributed by atoms with Gasteiger partial charge >= 0.3 is 0 Å². The molecule has 0 aliphatic carbocycles. The van der Waals surface area contributed by atoms with Gasteiger partial charge in [-0.15, -0.1) is 0 Å². The first-order chi connectivity index (χ1) is 7.72. The third-order valence-electron chi connectivity index (χ3n) is 2.00. The lowest BCUT2D eigenvalue weighted by atomic mass is 10.0. The number of carbonyl (C=O) groups is 1. The molecule has 0 unspecified atom stereocenters. The van der Waals surface area contributed by atoms with Gasteiger partial charge in [-0.2, -0.15) is 10.5 Å². The van der Waals surface area contributed by atoms with Crippen molar-refractivity contribution in [2.45, 2.75) is 5.25 Å². The molecule has 80 valence electrons. The summed E-state index contributed by atoms with van der Waals surface area (Å²) in [4.78, 5) is 10.7. The van der Waals surface area contributed by atoms with E-state index in [1.54, 1.807) is 24.3 Å². The second kappa shape index (κ2) is 6.17. The van der Waals surface area contributed by atoms with Gasteiger partial charge in [0, 0.05) is 5.02 Å². The van der Waals surface area contributed by atoms with Crippen molar-refractivity contribution in [3.63, 3.8) is 0 Å². The molecule has 0 fully saturated rings. The van der Waals surface area contributed by atoms with Crippen LogP contribution in [0.15, 0.2) is 24.3 Å². The van der Waals surface area contributed by atoms with Crippen LogP contribution in [0, 0.1) is 27.9 Å². The zero-order valence-electron chi connectivity index (χ0n) is 8.13. The van der Waals surface area contributed by atoms with E-state index in [-0.39, 0.29) is 0 Å². The zero-order chi connectivity index (χ0) is 12.0. The number of hydrogen-bond donors (Lipinski definition) is 0. The van der Waals surface area contributed by atoms with Crippen molar-refractivity contribution in [1.82, 2.24) is 0 Å². The van der Waals surface area contributed by atoms with Crippen LogP contribution in [0.4, 0.5) is 0 Å². The van der Waals surface area contributed by atoms with Crippen LogP contribution in [0.2, 0.25) is 5.02 Å². The van der Waals surface area contributed by atoms with Crippen molar-refractivity contribution in [3.8, 4) is 11.5 Å². The Hall–Kier alpha value is -1.49. The molecule has 1 aromatic rings. The number of thiocyanates is 1. The lowest BCUT2D eigenvalue weighted by molar-refractivity contribution is -0.109. The first-order valence-corrected chi connectivity index (χ1v) is 5.63. The number of nitriles is 2. The van der Waals surface area contributed by atoms with Crippen LogP contribution in [0.25, 0.3) is 0 Å².